The summed E-state index contributed by atoms with van der Waals surface area (Å²) < 4.78 is 0. The van der Waals surface area contributed by atoms with E-state index in [9.17, 15) is 24.0 Å². The van der Waals surface area contributed by atoms with E-state index in [0.717, 1.165) is 32.1 Å². The molecule has 14 heteroatoms. The molecule has 3 unspecified atom stereocenters. The second kappa shape index (κ2) is 31.2. The summed E-state index contributed by atoms with van der Waals surface area (Å²) in [6.07, 6.45) is 4.60. The molecule has 35 heavy (non-hydrogen) atoms. The molecule has 0 heterocycles. The Labute approximate surface area is 205 Å². The number of hydrogen-bond acceptors (Lipinski definition) is 9. The van der Waals surface area contributed by atoms with Crippen LogP contribution in [0.2, 0.25) is 0 Å². The van der Waals surface area contributed by atoms with Crippen molar-refractivity contribution in [3.63, 3.8) is 0 Å². The summed E-state index contributed by atoms with van der Waals surface area (Å²) in [4.78, 5) is 48.5. The molecule has 0 fully saturated rings. The van der Waals surface area contributed by atoms with Crippen molar-refractivity contribution in [1.82, 2.24) is 0 Å². The average molecular weight is 517 g/mol. The summed E-state index contributed by atoms with van der Waals surface area (Å²) in [6.45, 7) is 6.46. The lowest BCUT2D eigenvalue weighted by molar-refractivity contribution is -0.141. The molecular formula is C21H44N2O12. The van der Waals surface area contributed by atoms with E-state index in [4.69, 9.17) is 47.2 Å². The Morgan fingerprint density at radius 1 is 0.686 bits per heavy atom. The number of aliphatic carboxylic acids is 5. The molecule has 210 valence electrons. The van der Waals surface area contributed by atoms with Gasteiger partial charge in [-0.15, -0.1) is 0 Å². The first kappa shape index (κ1) is 42.4. The molecule has 0 bridgehead atoms. The molecule has 0 rings (SSSR count). The number of aliphatic hydroxyl groups is 2. The highest BCUT2D eigenvalue weighted by molar-refractivity contribution is 5.73. The number of rotatable bonds is 12. The third kappa shape index (κ3) is 54.0. The Morgan fingerprint density at radius 2 is 1.06 bits per heavy atom. The Balaban J connectivity index is -0.000000108. The van der Waals surface area contributed by atoms with Crippen LogP contribution in [0.4, 0.5) is 0 Å². The van der Waals surface area contributed by atoms with Crippen LogP contribution in [0.25, 0.3) is 0 Å². The lowest BCUT2D eigenvalue weighted by atomic mass is 10.2. The topological polar surface area (TPSA) is 279 Å². The largest absolute Gasteiger partial charge is 0.481 e. The predicted octanol–water partition coefficient (Wildman–Crippen LogP) is 0.563. The van der Waals surface area contributed by atoms with E-state index in [2.05, 4.69) is 6.92 Å². The molecule has 0 amide bonds. The van der Waals surface area contributed by atoms with Gasteiger partial charge < -0.3 is 47.2 Å². The normalized spacial score (nSPS) is 11.5. The molecule has 11 N–H and O–H groups in total. The predicted molar refractivity (Wildman–Crippen MR) is 127 cm³/mol. The van der Waals surface area contributed by atoms with E-state index in [1.54, 1.807) is 6.92 Å². The minimum atomic E-state index is -1.18. The van der Waals surface area contributed by atoms with Gasteiger partial charge in [0.15, 0.2) is 0 Å². The summed E-state index contributed by atoms with van der Waals surface area (Å²) in [6, 6.07) is -2.28. The SMILES string of the molecule is CC(O)C(N)C(=O)O.CCC(=O)O.CCCCC(=O)O.CCCCCC(=O)O.NC(CO)C(=O)O. The van der Waals surface area contributed by atoms with Gasteiger partial charge in [0.05, 0.1) is 12.7 Å². The molecule has 3 atom stereocenters. The van der Waals surface area contributed by atoms with Crippen LogP contribution in [0.15, 0.2) is 0 Å². The minimum Gasteiger partial charge on any atom is -0.481 e. The van der Waals surface area contributed by atoms with Gasteiger partial charge in [0, 0.05) is 19.3 Å². The van der Waals surface area contributed by atoms with E-state index in [0.29, 0.717) is 12.8 Å². The van der Waals surface area contributed by atoms with Gasteiger partial charge in [0.1, 0.15) is 12.1 Å². The van der Waals surface area contributed by atoms with Gasteiger partial charge >= 0.3 is 29.8 Å². The van der Waals surface area contributed by atoms with Crippen LogP contribution in [0.5, 0.6) is 0 Å². The second-order valence-corrected chi connectivity index (χ2v) is 6.83. The molecule has 0 saturated carbocycles. The van der Waals surface area contributed by atoms with Crippen LogP contribution < -0.4 is 11.5 Å². The van der Waals surface area contributed by atoms with Gasteiger partial charge in [-0.2, -0.15) is 0 Å². The number of hydrogen-bond donors (Lipinski definition) is 9. The first-order valence-corrected chi connectivity index (χ1v) is 11.0. The maximum Gasteiger partial charge on any atom is 0.323 e. The Kier molecular flexibility index (Phi) is 37.7. The van der Waals surface area contributed by atoms with E-state index in [-0.39, 0.29) is 6.42 Å². The third-order valence-electron chi connectivity index (χ3n) is 3.36. The van der Waals surface area contributed by atoms with Crippen molar-refractivity contribution in [2.75, 3.05) is 6.61 Å². The number of carbonyl (C=O) groups is 5. The van der Waals surface area contributed by atoms with Crippen LogP contribution in [-0.2, 0) is 24.0 Å². The lowest BCUT2D eigenvalue weighted by Gasteiger charge is -2.06. The van der Waals surface area contributed by atoms with Crippen LogP contribution >= 0.6 is 0 Å². The first-order valence-electron chi connectivity index (χ1n) is 11.0. The quantitative estimate of drug-likeness (QED) is 0.160. The van der Waals surface area contributed by atoms with Crippen LogP contribution in [-0.4, -0.2) is 90.4 Å². The minimum absolute atomic E-state index is 0.222. The molecule has 0 aliphatic carbocycles. The Morgan fingerprint density at radius 3 is 1.17 bits per heavy atom. The summed E-state index contributed by atoms with van der Waals surface area (Å²) >= 11 is 0. The average Bonchev–Trinajstić information content (AvgIpc) is 2.77. The Bertz CT molecular complexity index is 556. The zero-order valence-electron chi connectivity index (χ0n) is 20.9. The van der Waals surface area contributed by atoms with Crippen molar-refractivity contribution >= 4 is 29.8 Å². The summed E-state index contributed by atoms with van der Waals surface area (Å²) in [5.41, 5.74) is 9.68. The summed E-state index contributed by atoms with van der Waals surface area (Å²) in [7, 11) is 0. The fourth-order valence-corrected chi connectivity index (χ4v) is 1.14. The fourth-order valence-electron chi connectivity index (χ4n) is 1.14. The van der Waals surface area contributed by atoms with Crippen LogP contribution in [0.1, 0.15) is 79.1 Å². The first-order chi connectivity index (χ1) is 16.0. The van der Waals surface area contributed by atoms with E-state index < -0.39 is 54.6 Å². The van der Waals surface area contributed by atoms with E-state index in [1.807, 2.05) is 6.92 Å². The highest BCUT2D eigenvalue weighted by Gasteiger charge is 2.16. The van der Waals surface area contributed by atoms with Crippen molar-refractivity contribution in [3.8, 4) is 0 Å². The highest BCUT2D eigenvalue weighted by atomic mass is 16.4. The highest BCUT2D eigenvalue weighted by Crippen LogP contribution is 1.97. The van der Waals surface area contributed by atoms with E-state index >= 15 is 0 Å². The number of carboxylic acids is 5. The number of unbranched alkanes of at least 4 members (excludes halogenated alkanes) is 3. The van der Waals surface area contributed by atoms with Gasteiger partial charge in [0.2, 0.25) is 0 Å². The molecule has 0 saturated heterocycles. The maximum absolute atomic E-state index is 9.87. The van der Waals surface area contributed by atoms with Crippen LogP contribution in [0.3, 0.4) is 0 Å². The third-order valence-corrected chi connectivity index (χ3v) is 3.36. The molecule has 0 aliphatic rings. The second-order valence-electron chi connectivity index (χ2n) is 6.83. The van der Waals surface area contributed by atoms with Gasteiger partial charge in [0.25, 0.3) is 0 Å². The van der Waals surface area contributed by atoms with E-state index in [1.165, 1.54) is 6.92 Å². The molecule has 14 nitrogen and oxygen atoms in total. The monoisotopic (exact) mass is 516 g/mol. The number of aliphatic hydroxyl groups excluding tert-OH is 2. The fraction of sp³-hybridized carbons (Fsp3) is 0.762. The number of nitrogens with two attached hydrogens (primary N) is 2. The number of carboxylic acid groups (broad SMARTS) is 5. The maximum atomic E-state index is 9.87. The molecule has 0 aromatic heterocycles. The van der Waals surface area contributed by atoms with Crippen molar-refractivity contribution in [3.05, 3.63) is 0 Å². The Hall–Kier alpha value is -2.81. The van der Waals surface area contributed by atoms with Crippen LogP contribution in [0, 0.1) is 0 Å². The van der Waals surface area contributed by atoms with Gasteiger partial charge in [-0.3, -0.25) is 24.0 Å². The molecule has 0 radical (unpaired) electrons. The van der Waals surface area contributed by atoms with Crippen molar-refractivity contribution in [2.24, 2.45) is 11.5 Å². The van der Waals surface area contributed by atoms with Gasteiger partial charge in [-0.25, -0.2) is 0 Å². The molecule has 0 spiro atoms. The standard InChI is InChI=1S/C6H12O2.C5H10O2.C4H9NO3.C3H7NO3.C3H6O2/c1-2-3-4-5-6(7)8;1-2-3-4-5(6)7;1-2(6)3(5)4(7)8;4-2(1-5)3(6)7;1-2-3(4)5/h2-5H2,1H3,(H,7,8);2-4H2,1H3,(H,6,7);2-3,6H,5H2,1H3,(H,7,8);2,5H,1,4H2,(H,6,7);2H2,1H3,(H,4,5). The molecule has 0 aliphatic heterocycles. The van der Waals surface area contributed by atoms with Gasteiger partial charge in [-0.05, 0) is 19.8 Å². The zero-order valence-corrected chi connectivity index (χ0v) is 20.9. The van der Waals surface area contributed by atoms with Crippen molar-refractivity contribution < 1.29 is 59.7 Å². The summed E-state index contributed by atoms with van der Waals surface area (Å²) in [5, 5.41) is 56.4. The summed E-state index contributed by atoms with van der Waals surface area (Å²) in [5.74, 6) is -4.48. The molecular weight excluding hydrogens is 472 g/mol. The lowest BCUT2D eigenvalue weighted by Crippen LogP contribution is -2.39. The molecule has 0 aromatic rings. The smallest absolute Gasteiger partial charge is 0.323 e. The zero-order chi connectivity index (χ0) is 29.0. The molecule has 0 aromatic carbocycles. The van der Waals surface area contributed by atoms with Crippen molar-refractivity contribution in [1.29, 1.82) is 0 Å². The van der Waals surface area contributed by atoms with Crippen molar-refractivity contribution in [2.45, 2.75) is 97.2 Å². The van der Waals surface area contributed by atoms with Gasteiger partial charge in [-0.1, -0.05) is 40.0 Å².